The van der Waals surface area contributed by atoms with E-state index in [4.69, 9.17) is 0 Å². The molecule has 5 heteroatoms. The van der Waals surface area contributed by atoms with Crippen LogP contribution in [0.4, 0.5) is 15.8 Å². The Morgan fingerprint density at radius 1 is 1.30 bits per heavy atom. The van der Waals surface area contributed by atoms with Crippen molar-refractivity contribution in [2.24, 2.45) is 0 Å². The molecule has 2 aromatic rings. The highest BCUT2D eigenvalue weighted by Gasteiger charge is 2.09. The summed E-state index contributed by atoms with van der Waals surface area (Å²) in [6.07, 6.45) is 1.61. The summed E-state index contributed by atoms with van der Waals surface area (Å²) in [5.74, 6) is -0.642. The van der Waals surface area contributed by atoms with Crippen molar-refractivity contribution in [1.82, 2.24) is 4.98 Å². The van der Waals surface area contributed by atoms with Crippen molar-refractivity contribution in [3.8, 4) is 0 Å². The molecule has 0 unspecified atom stereocenters. The predicted octanol–water partition coefficient (Wildman–Crippen LogP) is 3.21. The molecule has 4 nitrogen and oxygen atoms in total. The third-order valence-corrected chi connectivity index (χ3v) is 2.81. The summed E-state index contributed by atoms with van der Waals surface area (Å²) in [6.45, 7) is 4.51. The van der Waals surface area contributed by atoms with Crippen LogP contribution in [-0.2, 0) is 0 Å². The Morgan fingerprint density at radius 2 is 2.10 bits per heavy atom. The van der Waals surface area contributed by atoms with Crippen molar-refractivity contribution in [2.45, 2.75) is 13.8 Å². The number of hydrogen-bond acceptors (Lipinski definition) is 3. The van der Waals surface area contributed by atoms with E-state index in [0.29, 0.717) is 16.9 Å². The van der Waals surface area contributed by atoms with Crippen LogP contribution in [0.5, 0.6) is 0 Å². The number of hydrogen-bond donors (Lipinski definition) is 2. The fraction of sp³-hybridized carbons (Fsp3) is 0.200. The number of halogens is 1. The van der Waals surface area contributed by atoms with Gasteiger partial charge in [0, 0.05) is 12.2 Å². The van der Waals surface area contributed by atoms with Gasteiger partial charge >= 0.3 is 0 Å². The highest BCUT2D eigenvalue weighted by molar-refractivity contribution is 6.03. The second-order valence-corrected chi connectivity index (χ2v) is 4.38. The number of anilines is 2. The first-order valence-electron chi connectivity index (χ1n) is 6.37. The van der Waals surface area contributed by atoms with Gasteiger partial charge in [-0.05, 0) is 49.7 Å². The lowest BCUT2D eigenvalue weighted by atomic mass is 10.2. The number of benzene rings is 1. The van der Waals surface area contributed by atoms with E-state index in [1.807, 2.05) is 6.92 Å². The van der Waals surface area contributed by atoms with E-state index in [1.54, 1.807) is 25.3 Å². The summed E-state index contributed by atoms with van der Waals surface area (Å²) >= 11 is 0. The molecule has 2 N–H and O–H groups in total. The van der Waals surface area contributed by atoms with Crippen LogP contribution in [0.2, 0.25) is 0 Å². The minimum absolute atomic E-state index is 0.315. The number of nitrogens with one attached hydrogen (secondary N) is 2. The fourth-order valence-corrected chi connectivity index (χ4v) is 1.79. The SMILES string of the molecule is CCNc1ccc(C(=O)Nc2ccc(F)cc2C)nc1. The van der Waals surface area contributed by atoms with E-state index in [1.165, 1.54) is 18.2 Å². The van der Waals surface area contributed by atoms with Crippen LogP contribution in [-0.4, -0.2) is 17.4 Å². The topological polar surface area (TPSA) is 54.0 Å². The lowest BCUT2D eigenvalue weighted by molar-refractivity contribution is 0.102. The first kappa shape index (κ1) is 14.0. The van der Waals surface area contributed by atoms with Crippen LogP contribution >= 0.6 is 0 Å². The van der Waals surface area contributed by atoms with E-state index >= 15 is 0 Å². The molecule has 0 radical (unpaired) electrons. The zero-order valence-corrected chi connectivity index (χ0v) is 11.4. The smallest absolute Gasteiger partial charge is 0.274 e. The largest absolute Gasteiger partial charge is 0.384 e. The monoisotopic (exact) mass is 273 g/mol. The molecule has 0 fully saturated rings. The lowest BCUT2D eigenvalue weighted by Gasteiger charge is -2.08. The number of aromatic nitrogens is 1. The second-order valence-electron chi connectivity index (χ2n) is 4.38. The Bertz CT molecular complexity index is 611. The molecular weight excluding hydrogens is 257 g/mol. The van der Waals surface area contributed by atoms with Crippen molar-refractivity contribution < 1.29 is 9.18 Å². The van der Waals surface area contributed by atoms with E-state index in [-0.39, 0.29) is 11.7 Å². The Morgan fingerprint density at radius 3 is 2.70 bits per heavy atom. The number of amides is 1. The summed E-state index contributed by atoms with van der Waals surface area (Å²) in [5, 5.41) is 5.82. The fourth-order valence-electron chi connectivity index (χ4n) is 1.79. The zero-order valence-electron chi connectivity index (χ0n) is 11.4. The minimum Gasteiger partial charge on any atom is -0.384 e. The molecule has 104 valence electrons. The molecule has 0 bridgehead atoms. The molecule has 0 atom stereocenters. The van der Waals surface area contributed by atoms with Gasteiger partial charge in [0.25, 0.3) is 5.91 Å². The van der Waals surface area contributed by atoms with Crippen LogP contribution in [0.25, 0.3) is 0 Å². The van der Waals surface area contributed by atoms with Gasteiger partial charge in [0.15, 0.2) is 0 Å². The molecule has 0 saturated heterocycles. The summed E-state index contributed by atoms with van der Waals surface area (Å²) in [6, 6.07) is 7.66. The molecule has 0 saturated carbocycles. The number of nitrogens with zero attached hydrogens (tertiary/aromatic N) is 1. The van der Waals surface area contributed by atoms with Crippen molar-refractivity contribution >= 4 is 17.3 Å². The van der Waals surface area contributed by atoms with Crippen molar-refractivity contribution in [2.75, 3.05) is 17.2 Å². The maximum Gasteiger partial charge on any atom is 0.274 e. The minimum atomic E-state index is -0.325. The number of carbonyl (C=O) groups excluding carboxylic acids is 1. The molecule has 20 heavy (non-hydrogen) atoms. The van der Waals surface area contributed by atoms with Crippen molar-refractivity contribution in [3.63, 3.8) is 0 Å². The first-order valence-corrected chi connectivity index (χ1v) is 6.37. The molecule has 0 spiro atoms. The molecule has 0 aliphatic carbocycles. The van der Waals surface area contributed by atoms with Crippen LogP contribution < -0.4 is 10.6 Å². The molecule has 2 rings (SSSR count). The van der Waals surface area contributed by atoms with Crippen LogP contribution in [0.3, 0.4) is 0 Å². The summed E-state index contributed by atoms with van der Waals surface area (Å²) in [4.78, 5) is 16.1. The van der Waals surface area contributed by atoms with Gasteiger partial charge in [0.2, 0.25) is 0 Å². The third kappa shape index (κ3) is 3.32. The number of pyridine rings is 1. The number of aryl methyl sites for hydroxylation is 1. The van der Waals surface area contributed by atoms with Crippen LogP contribution in [0.15, 0.2) is 36.5 Å². The Balaban J connectivity index is 2.11. The summed E-state index contributed by atoms with van der Waals surface area (Å²) < 4.78 is 13.0. The van der Waals surface area contributed by atoms with Gasteiger partial charge in [-0.1, -0.05) is 0 Å². The van der Waals surface area contributed by atoms with E-state index in [0.717, 1.165) is 12.2 Å². The molecule has 0 aliphatic heterocycles. The van der Waals surface area contributed by atoms with Gasteiger partial charge in [0.1, 0.15) is 11.5 Å². The molecule has 1 aromatic heterocycles. The lowest BCUT2D eigenvalue weighted by Crippen LogP contribution is -2.14. The Hall–Kier alpha value is -2.43. The van der Waals surface area contributed by atoms with E-state index < -0.39 is 0 Å². The van der Waals surface area contributed by atoms with Crippen molar-refractivity contribution in [1.29, 1.82) is 0 Å². The van der Waals surface area contributed by atoms with E-state index in [2.05, 4.69) is 15.6 Å². The van der Waals surface area contributed by atoms with Crippen LogP contribution in [0, 0.1) is 12.7 Å². The average molecular weight is 273 g/mol. The Kier molecular flexibility index (Phi) is 4.30. The van der Waals surface area contributed by atoms with Crippen molar-refractivity contribution in [3.05, 3.63) is 53.6 Å². The maximum absolute atomic E-state index is 13.0. The van der Waals surface area contributed by atoms with Gasteiger partial charge in [0.05, 0.1) is 11.9 Å². The van der Waals surface area contributed by atoms with Gasteiger partial charge in [-0.2, -0.15) is 0 Å². The molecule has 1 aromatic carbocycles. The average Bonchev–Trinajstić information content (AvgIpc) is 2.43. The first-order chi connectivity index (χ1) is 9.60. The van der Waals surface area contributed by atoms with Gasteiger partial charge in [-0.25, -0.2) is 9.37 Å². The molecule has 1 amide bonds. The molecular formula is C15H16FN3O. The molecule has 0 aliphatic rings. The maximum atomic E-state index is 13.0. The van der Waals surface area contributed by atoms with E-state index in [9.17, 15) is 9.18 Å². The van der Waals surface area contributed by atoms with Gasteiger partial charge in [-0.3, -0.25) is 4.79 Å². The Labute approximate surface area is 117 Å². The van der Waals surface area contributed by atoms with Gasteiger partial charge < -0.3 is 10.6 Å². The quantitative estimate of drug-likeness (QED) is 0.899. The standard InChI is InChI=1S/C15H16FN3O/c1-3-17-12-5-7-14(18-9-12)15(20)19-13-6-4-11(16)8-10(13)2/h4-9,17H,3H2,1-2H3,(H,19,20). The normalized spacial score (nSPS) is 10.2. The number of rotatable bonds is 4. The zero-order chi connectivity index (χ0) is 14.5. The highest BCUT2D eigenvalue weighted by Crippen LogP contribution is 2.16. The predicted molar refractivity (Wildman–Crippen MR) is 77.5 cm³/mol. The molecule has 1 heterocycles. The van der Waals surface area contributed by atoms with Crippen LogP contribution in [0.1, 0.15) is 23.0 Å². The van der Waals surface area contributed by atoms with Gasteiger partial charge in [-0.15, -0.1) is 0 Å². The second kappa shape index (κ2) is 6.14. The number of carbonyl (C=O) groups is 1. The summed E-state index contributed by atoms with van der Waals surface area (Å²) in [5.41, 5.74) is 2.42. The summed E-state index contributed by atoms with van der Waals surface area (Å²) in [7, 11) is 0. The third-order valence-electron chi connectivity index (χ3n) is 2.81. The highest BCUT2D eigenvalue weighted by atomic mass is 19.1.